The Kier molecular flexibility index (Phi) is 6.40. The van der Waals surface area contributed by atoms with Gasteiger partial charge in [-0.1, -0.05) is 42.5 Å². The highest BCUT2D eigenvalue weighted by Crippen LogP contribution is 2.24. The molecule has 2 aromatic carbocycles. The Bertz CT molecular complexity index is 810. The van der Waals surface area contributed by atoms with Crippen LogP contribution in [-0.2, 0) is 4.79 Å². The van der Waals surface area contributed by atoms with E-state index >= 15 is 0 Å². The molecule has 1 heterocycles. The second kappa shape index (κ2) is 8.78. The molecule has 0 atom stereocenters. The van der Waals surface area contributed by atoms with Gasteiger partial charge in [-0.25, -0.2) is 0 Å². The Morgan fingerprint density at radius 2 is 1.57 bits per heavy atom. The minimum Gasteiger partial charge on any atom is -0.349 e. The van der Waals surface area contributed by atoms with Crippen LogP contribution in [0.4, 0.5) is 0 Å². The fourth-order valence-corrected chi connectivity index (χ4v) is 3.54. The second-order valence-electron chi connectivity index (χ2n) is 8.00. The number of hydrogen-bond donors (Lipinski definition) is 1. The van der Waals surface area contributed by atoms with E-state index in [0.717, 1.165) is 24.0 Å². The number of carbonyl (C=O) groups excluding carboxylic acids is 2. The van der Waals surface area contributed by atoms with Gasteiger partial charge in [0.1, 0.15) is 0 Å². The summed E-state index contributed by atoms with van der Waals surface area (Å²) in [6, 6.07) is 17.8. The van der Waals surface area contributed by atoms with Gasteiger partial charge < -0.3 is 10.2 Å². The van der Waals surface area contributed by atoms with Crippen molar-refractivity contribution in [2.75, 3.05) is 19.0 Å². The lowest BCUT2D eigenvalue weighted by Crippen LogP contribution is -2.50. The van der Waals surface area contributed by atoms with Gasteiger partial charge in [0.25, 0.3) is 5.91 Å². The van der Waals surface area contributed by atoms with Crippen LogP contribution < -0.4 is 5.32 Å². The molecule has 0 radical (unpaired) electrons. The molecule has 28 heavy (non-hydrogen) atoms. The van der Waals surface area contributed by atoms with Crippen LogP contribution in [0, 0.1) is 5.41 Å². The van der Waals surface area contributed by atoms with Crippen LogP contribution in [0.15, 0.2) is 54.6 Å². The molecular weight excluding hydrogens is 372 g/mol. The number of alkyl halides is 1. The van der Waals surface area contributed by atoms with Crippen molar-refractivity contribution in [3.05, 3.63) is 60.2 Å². The number of amides is 2. The Morgan fingerprint density at radius 1 is 1.00 bits per heavy atom. The Balaban J connectivity index is 1.54. The number of likely N-dealkylation sites (tertiary alicyclic amines) is 1. The average molecular weight is 399 g/mol. The average Bonchev–Trinajstić information content (AvgIpc) is 2.74. The lowest BCUT2D eigenvalue weighted by molar-refractivity contribution is -0.140. The predicted molar refractivity (Wildman–Crippen MR) is 113 cm³/mol. The molecule has 0 unspecified atom stereocenters. The molecule has 0 aromatic heterocycles. The zero-order chi connectivity index (χ0) is 20.1. The van der Waals surface area contributed by atoms with Crippen LogP contribution in [0.2, 0.25) is 0 Å². The summed E-state index contributed by atoms with van der Waals surface area (Å²) in [7, 11) is 0. The normalized spacial score (nSPS) is 15.3. The first-order valence-electron chi connectivity index (χ1n) is 9.72. The monoisotopic (exact) mass is 398 g/mol. The summed E-state index contributed by atoms with van der Waals surface area (Å²) in [5, 5.41) is 3.10. The van der Waals surface area contributed by atoms with E-state index in [1.807, 2.05) is 61.2 Å². The summed E-state index contributed by atoms with van der Waals surface area (Å²) in [6.45, 7) is 5.04. The molecule has 4 nitrogen and oxygen atoms in total. The van der Waals surface area contributed by atoms with E-state index in [9.17, 15) is 9.59 Å². The van der Waals surface area contributed by atoms with E-state index in [-0.39, 0.29) is 17.9 Å². The van der Waals surface area contributed by atoms with Crippen LogP contribution in [0.5, 0.6) is 0 Å². The highest BCUT2D eigenvalue weighted by Gasteiger charge is 2.33. The lowest BCUT2D eigenvalue weighted by atomic mass is 9.92. The summed E-state index contributed by atoms with van der Waals surface area (Å²) >= 11 is 5.92. The quantitative estimate of drug-likeness (QED) is 0.761. The molecular formula is C23H27ClN2O2. The largest absolute Gasteiger partial charge is 0.349 e. The van der Waals surface area contributed by atoms with Crippen molar-refractivity contribution >= 4 is 23.4 Å². The van der Waals surface area contributed by atoms with E-state index in [0.29, 0.717) is 24.5 Å². The van der Waals surface area contributed by atoms with E-state index in [2.05, 4.69) is 17.4 Å². The van der Waals surface area contributed by atoms with Gasteiger partial charge >= 0.3 is 0 Å². The van der Waals surface area contributed by atoms with E-state index in [4.69, 9.17) is 11.6 Å². The molecule has 5 heteroatoms. The predicted octanol–water partition coefficient (Wildman–Crippen LogP) is 4.34. The van der Waals surface area contributed by atoms with Crippen LogP contribution in [0.25, 0.3) is 11.1 Å². The SMILES string of the molecule is CC(C)(CCl)C(=O)N1CCC(NC(=O)c2ccc(-c3ccccc3)cc2)CC1. The van der Waals surface area contributed by atoms with Gasteiger partial charge in [-0.15, -0.1) is 11.6 Å². The second-order valence-corrected chi connectivity index (χ2v) is 8.27. The van der Waals surface area contributed by atoms with Gasteiger partial charge in [0.05, 0.1) is 5.41 Å². The van der Waals surface area contributed by atoms with Gasteiger partial charge in [-0.2, -0.15) is 0 Å². The first kappa shape index (κ1) is 20.4. The maximum absolute atomic E-state index is 12.6. The molecule has 0 aliphatic carbocycles. The molecule has 0 spiro atoms. The number of rotatable bonds is 5. The van der Waals surface area contributed by atoms with Crippen LogP contribution in [0.3, 0.4) is 0 Å². The standard InChI is InChI=1S/C23H27ClN2O2/c1-23(2,16-24)22(28)26-14-12-20(13-15-26)25-21(27)19-10-8-18(9-11-19)17-6-4-3-5-7-17/h3-11,20H,12-16H2,1-2H3,(H,25,27). The molecule has 1 aliphatic rings. The number of hydrogen-bond acceptors (Lipinski definition) is 2. The zero-order valence-electron chi connectivity index (χ0n) is 16.5. The third-order valence-electron chi connectivity index (χ3n) is 5.28. The van der Waals surface area contributed by atoms with Crippen LogP contribution in [-0.4, -0.2) is 41.7 Å². The van der Waals surface area contributed by atoms with Gasteiger partial charge in [0.15, 0.2) is 0 Å². The number of piperidine rings is 1. The van der Waals surface area contributed by atoms with Crippen LogP contribution in [0.1, 0.15) is 37.0 Å². The first-order chi connectivity index (χ1) is 13.4. The van der Waals surface area contributed by atoms with Crippen LogP contribution >= 0.6 is 11.6 Å². The Morgan fingerprint density at radius 3 is 2.14 bits per heavy atom. The molecule has 1 N–H and O–H groups in total. The molecule has 3 rings (SSSR count). The summed E-state index contributed by atoms with van der Waals surface area (Å²) in [5.74, 6) is 0.329. The topological polar surface area (TPSA) is 49.4 Å². The lowest BCUT2D eigenvalue weighted by Gasteiger charge is -2.36. The Labute approximate surface area is 171 Å². The smallest absolute Gasteiger partial charge is 0.251 e. The third kappa shape index (κ3) is 4.74. The van der Waals surface area contributed by atoms with E-state index in [1.54, 1.807) is 0 Å². The Hall–Kier alpha value is -2.33. The summed E-state index contributed by atoms with van der Waals surface area (Å²) in [6.07, 6.45) is 1.52. The first-order valence-corrected chi connectivity index (χ1v) is 10.3. The summed E-state index contributed by atoms with van der Waals surface area (Å²) in [4.78, 5) is 26.9. The maximum Gasteiger partial charge on any atom is 0.251 e. The van der Waals surface area contributed by atoms with Crippen molar-refractivity contribution in [2.45, 2.75) is 32.7 Å². The van der Waals surface area contributed by atoms with Gasteiger partial charge in [-0.3, -0.25) is 9.59 Å². The highest BCUT2D eigenvalue weighted by molar-refractivity contribution is 6.19. The number of carbonyl (C=O) groups is 2. The van der Waals surface area contributed by atoms with Gasteiger partial charge in [-0.05, 0) is 49.9 Å². The van der Waals surface area contributed by atoms with Crippen molar-refractivity contribution in [1.29, 1.82) is 0 Å². The summed E-state index contributed by atoms with van der Waals surface area (Å²) < 4.78 is 0. The molecule has 1 saturated heterocycles. The molecule has 148 valence electrons. The minimum absolute atomic E-state index is 0.0644. The molecule has 1 aliphatic heterocycles. The minimum atomic E-state index is -0.544. The number of nitrogens with zero attached hydrogens (tertiary/aromatic N) is 1. The van der Waals surface area contributed by atoms with Crippen molar-refractivity contribution in [3.8, 4) is 11.1 Å². The molecule has 0 saturated carbocycles. The van der Waals surface area contributed by atoms with E-state index in [1.165, 1.54) is 0 Å². The zero-order valence-corrected chi connectivity index (χ0v) is 17.2. The summed E-state index contributed by atoms with van der Waals surface area (Å²) in [5.41, 5.74) is 2.33. The highest BCUT2D eigenvalue weighted by atomic mass is 35.5. The third-order valence-corrected chi connectivity index (χ3v) is 5.95. The fraction of sp³-hybridized carbons (Fsp3) is 0.391. The number of benzene rings is 2. The van der Waals surface area contributed by atoms with E-state index < -0.39 is 5.41 Å². The fourth-order valence-electron chi connectivity index (χ4n) is 3.43. The van der Waals surface area contributed by atoms with Crippen molar-refractivity contribution in [2.24, 2.45) is 5.41 Å². The molecule has 2 amide bonds. The number of nitrogens with one attached hydrogen (secondary N) is 1. The van der Waals surface area contributed by atoms with Crippen molar-refractivity contribution < 1.29 is 9.59 Å². The number of halogens is 1. The molecule has 1 fully saturated rings. The van der Waals surface area contributed by atoms with Crippen molar-refractivity contribution in [3.63, 3.8) is 0 Å². The maximum atomic E-state index is 12.6. The van der Waals surface area contributed by atoms with Gasteiger partial charge in [0, 0.05) is 30.6 Å². The van der Waals surface area contributed by atoms with Gasteiger partial charge in [0.2, 0.25) is 5.91 Å². The molecule has 2 aromatic rings. The van der Waals surface area contributed by atoms with Crippen molar-refractivity contribution in [1.82, 2.24) is 10.2 Å². The molecule has 0 bridgehead atoms.